The molecule has 1 N–H and O–H groups in total. The Morgan fingerprint density at radius 2 is 1.67 bits per heavy atom. The van der Waals surface area contributed by atoms with E-state index in [2.05, 4.69) is 20.8 Å². The van der Waals surface area contributed by atoms with Gasteiger partial charge < -0.3 is 18.9 Å². The van der Waals surface area contributed by atoms with Gasteiger partial charge in [-0.25, -0.2) is 23.2 Å². The highest BCUT2D eigenvalue weighted by molar-refractivity contribution is 7.91. The predicted octanol–water partition coefficient (Wildman–Crippen LogP) is 6.19. The average Bonchev–Trinajstić information content (AvgIpc) is 2.96. The fourth-order valence-electron chi connectivity index (χ4n) is 4.35. The summed E-state index contributed by atoms with van der Waals surface area (Å²) in [5.41, 5.74) is 1.66. The quantitative estimate of drug-likeness (QED) is 0.138. The van der Waals surface area contributed by atoms with Crippen LogP contribution in [-0.2, 0) is 36.3 Å². The standard InChI is InChI=1S/C33H41ClN4O7S/c1-32(2,3)45-29(39)22-42-16-8-7-9-17-43-30-23(20-35)18-25(19-28(30)34)33(4,5)24-10-12-27(13-11-24)44-21-26-14-15-36-31(37-26)38-46(6,40)41/h10-15,18-19H,7-9,16-17,21-22H2,1-6H3,(H,36,37,38). The van der Waals surface area contributed by atoms with Crippen LogP contribution in [0.25, 0.3) is 0 Å². The molecule has 13 heteroatoms. The molecule has 0 amide bonds. The number of halogens is 1. The Morgan fingerprint density at radius 3 is 2.33 bits per heavy atom. The van der Waals surface area contributed by atoms with Gasteiger partial charge >= 0.3 is 5.97 Å². The second-order valence-electron chi connectivity index (χ2n) is 12.2. The molecule has 3 rings (SSSR count). The molecule has 2 aromatic carbocycles. The zero-order valence-electron chi connectivity index (χ0n) is 27.1. The number of carbonyl (C=O) groups is 1. The van der Waals surface area contributed by atoms with Crippen LogP contribution in [0.1, 0.15) is 76.3 Å². The first-order valence-corrected chi connectivity index (χ1v) is 17.0. The highest BCUT2D eigenvalue weighted by Crippen LogP contribution is 2.38. The fraction of sp³-hybridized carbons (Fsp3) is 0.455. The Labute approximate surface area is 276 Å². The van der Waals surface area contributed by atoms with E-state index in [0.717, 1.165) is 36.6 Å². The van der Waals surface area contributed by atoms with Crippen LogP contribution < -0.4 is 14.2 Å². The zero-order chi connectivity index (χ0) is 34.0. The van der Waals surface area contributed by atoms with Gasteiger partial charge in [-0.05, 0) is 81.5 Å². The molecule has 3 aromatic rings. The Hall–Kier alpha value is -3.92. The van der Waals surface area contributed by atoms with E-state index in [0.29, 0.717) is 41.0 Å². The topological polar surface area (TPSA) is 150 Å². The van der Waals surface area contributed by atoms with Crippen molar-refractivity contribution in [3.63, 3.8) is 0 Å². The van der Waals surface area contributed by atoms with Crippen molar-refractivity contribution < 1.29 is 32.2 Å². The van der Waals surface area contributed by atoms with E-state index in [1.807, 2.05) is 65.0 Å². The molecule has 0 atom stereocenters. The maximum absolute atomic E-state index is 11.7. The third kappa shape index (κ3) is 11.8. The molecule has 1 heterocycles. The van der Waals surface area contributed by atoms with Crippen molar-refractivity contribution in [2.45, 2.75) is 71.5 Å². The summed E-state index contributed by atoms with van der Waals surface area (Å²) in [6.07, 6.45) is 4.79. The lowest BCUT2D eigenvalue weighted by atomic mass is 9.77. The van der Waals surface area contributed by atoms with Crippen LogP contribution in [0.2, 0.25) is 5.02 Å². The summed E-state index contributed by atoms with van der Waals surface area (Å²) in [6, 6.07) is 15.0. The average molecular weight is 673 g/mol. The summed E-state index contributed by atoms with van der Waals surface area (Å²) in [7, 11) is -3.49. The van der Waals surface area contributed by atoms with Gasteiger partial charge in [0.2, 0.25) is 16.0 Å². The minimum Gasteiger partial charge on any atom is -0.491 e. The van der Waals surface area contributed by atoms with E-state index in [4.69, 9.17) is 30.5 Å². The van der Waals surface area contributed by atoms with E-state index in [9.17, 15) is 18.5 Å². The minimum absolute atomic E-state index is 0.0219. The number of nitrogens with one attached hydrogen (secondary N) is 1. The van der Waals surface area contributed by atoms with Crippen LogP contribution in [0.15, 0.2) is 48.7 Å². The van der Waals surface area contributed by atoms with Gasteiger partial charge in [-0.2, -0.15) is 5.26 Å². The predicted molar refractivity (Wildman–Crippen MR) is 176 cm³/mol. The lowest BCUT2D eigenvalue weighted by Crippen LogP contribution is -2.26. The number of aromatic nitrogens is 2. The van der Waals surface area contributed by atoms with Gasteiger partial charge in [0, 0.05) is 18.2 Å². The number of nitrogens with zero attached hydrogens (tertiary/aromatic N) is 3. The summed E-state index contributed by atoms with van der Waals surface area (Å²) in [4.78, 5) is 19.8. The third-order valence-corrected chi connectivity index (χ3v) is 7.49. The molecule has 0 unspecified atom stereocenters. The molecule has 0 radical (unpaired) electrons. The summed E-state index contributed by atoms with van der Waals surface area (Å²) in [5, 5.41) is 10.2. The van der Waals surface area contributed by atoms with Gasteiger partial charge in [0.25, 0.3) is 0 Å². The van der Waals surface area contributed by atoms with Crippen LogP contribution in [0, 0.1) is 11.3 Å². The van der Waals surface area contributed by atoms with Crippen molar-refractivity contribution in [1.29, 1.82) is 5.26 Å². The first-order chi connectivity index (χ1) is 21.6. The van der Waals surface area contributed by atoms with Crippen molar-refractivity contribution in [3.05, 3.63) is 76.1 Å². The molecule has 0 aliphatic rings. The highest BCUT2D eigenvalue weighted by atomic mass is 35.5. The number of rotatable bonds is 16. The van der Waals surface area contributed by atoms with E-state index in [1.54, 1.807) is 12.1 Å². The molecule has 0 spiro atoms. The largest absolute Gasteiger partial charge is 0.491 e. The monoisotopic (exact) mass is 672 g/mol. The molecule has 1 aromatic heterocycles. The molecule has 0 saturated carbocycles. The lowest BCUT2D eigenvalue weighted by Gasteiger charge is -2.27. The molecule has 0 bridgehead atoms. The smallest absolute Gasteiger partial charge is 0.332 e. The van der Waals surface area contributed by atoms with Crippen molar-refractivity contribution in [1.82, 2.24) is 9.97 Å². The van der Waals surface area contributed by atoms with Gasteiger partial charge in [0.15, 0.2) is 5.75 Å². The van der Waals surface area contributed by atoms with Crippen LogP contribution in [0.4, 0.5) is 5.95 Å². The number of carbonyl (C=O) groups excluding carboxylic acids is 1. The summed E-state index contributed by atoms with van der Waals surface area (Å²) in [5.74, 6) is 0.550. The van der Waals surface area contributed by atoms with Crippen LogP contribution in [-0.4, -0.2) is 56.0 Å². The third-order valence-electron chi connectivity index (χ3n) is 6.66. The molecule has 248 valence electrons. The van der Waals surface area contributed by atoms with Crippen molar-refractivity contribution in [2.24, 2.45) is 0 Å². The Kier molecular flexibility index (Phi) is 12.8. The van der Waals surface area contributed by atoms with Crippen LogP contribution in [0.5, 0.6) is 11.5 Å². The second kappa shape index (κ2) is 16.1. The summed E-state index contributed by atoms with van der Waals surface area (Å²) >= 11 is 6.63. The number of anilines is 1. The van der Waals surface area contributed by atoms with Gasteiger partial charge in [-0.3, -0.25) is 4.72 Å². The normalized spacial score (nSPS) is 11.9. The number of unbranched alkanes of at least 4 members (excludes halogenated alkanes) is 2. The number of hydrogen-bond donors (Lipinski definition) is 1. The molecular weight excluding hydrogens is 632 g/mol. The van der Waals surface area contributed by atoms with Crippen molar-refractivity contribution in [2.75, 3.05) is 30.8 Å². The molecule has 0 saturated heterocycles. The SMILES string of the molecule is CC(C)(C)OC(=O)COCCCCCOc1c(Cl)cc(C(C)(C)c2ccc(OCc3ccnc(NS(C)(=O)=O)n3)cc2)cc1C#N. The van der Waals surface area contributed by atoms with E-state index in [-0.39, 0.29) is 25.1 Å². The van der Waals surface area contributed by atoms with Crippen LogP contribution >= 0.6 is 11.6 Å². The van der Waals surface area contributed by atoms with Crippen molar-refractivity contribution >= 4 is 33.5 Å². The number of esters is 1. The van der Waals surface area contributed by atoms with Gasteiger partial charge in [0.05, 0.1) is 29.1 Å². The first-order valence-electron chi connectivity index (χ1n) is 14.8. The fourth-order valence-corrected chi connectivity index (χ4v) is 5.05. The Bertz CT molecular complexity index is 1630. The van der Waals surface area contributed by atoms with E-state index < -0.39 is 21.0 Å². The van der Waals surface area contributed by atoms with Gasteiger partial charge in [-0.15, -0.1) is 0 Å². The lowest BCUT2D eigenvalue weighted by molar-refractivity contribution is -0.160. The zero-order valence-corrected chi connectivity index (χ0v) is 28.6. The Morgan fingerprint density at radius 1 is 0.978 bits per heavy atom. The number of nitriles is 1. The first kappa shape index (κ1) is 36.5. The molecular formula is C33H41ClN4O7S. The molecule has 0 fully saturated rings. The molecule has 46 heavy (non-hydrogen) atoms. The molecule has 0 aliphatic carbocycles. The maximum atomic E-state index is 11.7. The summed E-state index contributed by atoms with van der Waals surface area (Å²) in [6.45, 7) is 10.4. The van der Waals surface area contributed by atoms with Crippen LogP contribution in [0.3, 0.4) is 0 Å². The van der Waals surface area contributed by atoms with Gasteiger partial charge in [0.1, 0.15) is 30.6 Å². The number of sulfonamides is 1. The second-order valence-corrected chi connectivity index (χ2v) is 14.3. The number of hydrogen-bond acceptors (Lipinski definition) is 10. The number of ether oxygens (including phenoxy) is 4. The van der Waals surface area contributed by atoms with E-state index >= 15 is 0 Å². The number of benzene rings is 2. The molecule has 0 aliphatic heterocycles. The molecule has 11 nitrogen and oxygen atoms in total. The highest BCUT2D eigenvalue weighted by Gasteiger charge is 2.26. The van der Waals surface area contributed by atoms with Crippen molar-refractivity contribution in [3.8, 4) is 17.6 Å². The summed E-state index contributed by atoms with van der Waals surface area (Å²) < 4.78 is 47.5. The Balaban J connectivity index is 1.54. The minimum atomic E-state index is -3.49. The maximum Gasteiger partial charge on any atom is 0.332 e. The van der Waals surface area contributed by atoms with E-state index in [1.165, 1.54) is 6.20 Å². The van der Waals surface area contributed by atoms with Gasteiger partial charge in [-0.1, -0.05) is 37.6 Å².